The first kappa shape index (κ1) is 11.5. The van der Waals surface area contributed by atoms with Gasteiger partial charge in [-0.3, -0.25) is 0 Å². The minimum Gasteiger partial charge on any atom is -0.0861 e. The maximum Gasteiger partial charge on any atom is 0.00548 e. The summed E-state index contributed by atoms with van der Waals surface area (Å²) in [6.07, 6.45) is 4.38. The second-order valence-corrected chi connectivity index (χ2v) is 5.97. The first-order chi connectivity index (χ1) is 5.65. The predicted octanol–water partition coefficient (Wildman–Crippen LogP) is 4.30. The zero-order valence-corrected chi connectivity index (χ0v) is 12.3. The van der Waals surface area contributed by atoms with Gasteiger partial charge in [0.1, 0.15) is 0 Å². The van der Waals surface area contributed by atoms with Gasteiger partial charge < -0.3 is 0 Å². The van der Waals surface area contributed by atoms with Gasteiger partial charge in [0.15, 0.2) is 0 Å². The SMILES string of the molecule is C[C@H]1CCC[C@H](CI)[C@]1(C)CI. The van der Waals surface area contributed by atoms with Gasteiger partial charge in [-0.2, -0.15) is 0 Å². The molecule has 12 heavy (non-hydrogen) atoms. The Hall–Kier alpha value is 1.46. The summed E-state index contributed by atoms with van der Waals surface area (Å²) >= 11 is 5.14. The van der Waals surface area contributed by atoms with E-state index in [0.717, 1.165) is 11.8 Å². The van der Waals surface area contributed by atoms with Gasteiger partial charge >= 0.3 is 0 Å². The monoisotopic (exact) mass is 392 g/mol. The number of hydrogen-bond donors (Lipinski definition) is 0. The van der Waals surface area contributed by atoms with Gasteiger partial charge in [0.2, 0.25) is 0 Å². The maximum absolute atomic E-state index is 2.57. The Kier molecular flexibility index (Phi) is 4.62. The Morgan fingerprint density at radius 3 is 2.42 bits per heavy atom. The molecule has 0 bridgehead atoms. The lowest BCUT2D eigenvalue weighted by Crippen LogP contribution is -2.39. The lowest BCUT2D eigenvalue weighted by molar-refractivity contribution is 0.0967. The minimum atomic E-state index is 0.625. The second kappa shape index (κ2) is 4.80. The third-order valence-electron chi connectivity index (χ3n) is 3.72. The molecule has 0 nitrogen and oxygen atoms in total. The van der Waals surface area contributed by atoms with E-state index in [1.807, 2.05) is 0 Å². The van der Waals surface area contributed by atoms with Crippen LogP contribution in [0.5, 0.6) is 0 Å². The quantitative estimate of drug-likeness (QED) is 0.486. The van der Waals surface area contributed by atoms with Crippen molar-refractivity contribution in [1.82, 2.24) is 0 Å². The van der Waals surface area contributed by atoms with Crippen LogP contribution in [-0.4, -0.2) is 8.86 Å². The molecule has 0 saturated heterocycles. The highest BCUT2D eigenvalue weighted by Crippen LogP contribution is 2.47. The van der Waals surface area contributed by atoms with Gasteiger partial charge in [0.25, 0.3) is 0 Å². The van der Waals surface area contributed by atoms with E-state index < -0.39 is 0 Å². The molecule has 1 rings (SSSR count). The summed E-state index contributed by atoms with van der Waals surface area (Å²) in [7, 11) is 0. The number of alkyl halides is 2. The van der Waals surface area contributed by atoms with Crippen molar-refractivity contribution >= 4 is 45.2 Å². The highest BCUT2D eigenvalue weighted by Gasteiger charge is 2.39. The van der Waals surface area contributed by atoms with Crippen molar-refractivity contribution in [2.45, 2.75) is 33.1 Å². The van der Waals surface area contributed by atoms with E-state index in [4.69, 9.17) is 0 Å². The third-order valence-corrected chi connectivity index (χ3v) is 6.43. The van der Waals surface area contributed by atoms with Gasteiger partial charge in [0, 0.05) is 8.86 Å². The van der Waals surface area contributed by atoms with Crippen LogP contribution < -0.4 is 0 Å². The van der Waals surface area contributed by atoms with E-state index in [1.165, 1.54) is 28.1 Å². The van der Waals surface area contributed by atoms with E-state index in [0.29, 0.717) is 5.41 Å². The molecule has 0 aromatic rings. The van der Waals surface area contributed by atoms with Gasteiger partial charge in [-0.25, -0.2) is 0 Å². The minimum absolute atomic E-state index is 0.625. The maximum atomic E-state index is 2.57. The summed E-state index contributed by atoms with van der Waals surface area (Å²) in [5, 5.41) is 0. The first-order valence-electron chi connectivity index (χ1n) is 4.77. The number of halogens is 2. The fraction of sp³-hybridized carbons (Fsp3) is 1.00. The summed E-state index contributed by atoms with van der Waals surface area (Å²) in [6.45, 7) is 4.93. The Morgan fingerprint density at radius 2 is 2.00 bits per heavy atom. The Morgan fingerprint density at radius 1 is 1.33 bits per heavy atom. The van der Waals surface area contributed by atoms with Crippen molar-refractivity contribution in [3.05, 3.63) is 0 Å². The van der Waals surface area contributed by atoms with Crippen LogP contribution in [0.1, 0.15) is 33.1 Å². The second-order valence-electron chi connectivity index (χ2n) is 4.32. The summed E-state index contributed by atoms with van der Waals surface area (Å²) in [5.74, 6) is 1.90. The molecule has 3 atom stereocenters. The summed E-state index contributed by atoms with van der Waals surface area (Å²) in [5.41, 5.74) is 0.625. The molecule has 0 spiro atoms. The molecule has 0 amide bonds. The zero-order valence-electron chi connectivity index (χ0n) is 7.95. The molecule has 1 saturated carbocycles. The lowest BCUT2D eigenvalue weighted by Gasteiger charge is -2.45. The normalized spacial score (nSPS) is 43.0. The molecular weight excluding hydrogens is 374 g/mol. The molecule has 2 heteroatoms. The zero-order chi connectivity index (χ0) is 9.19. The van der Waals surface area contributed by atoms with Crippen molar-refractivity contribution < 1.29 is 0 Å². The van der Waals surface area contributed by atoms with Crippen molar-refractivity contribution in [2.24, 2.45) is 17.3 Å². The van der Waals surface area contributed by atoms with Gasteiger partial charge in [-0.1, -0.05) is 71.9 Å². The Balaban J connectivity index is 2.72. The molecule has 1 aliphatic carbocycles. The summed E-state index contributed by atoms with van der Waals surface area (Å²) < 4.78 is 2.68. The smallest absolute Gasteiger partial charge is 0.00548 e. The summed E-state index contributed by atoms with van der Waals surface area (Å²) in [4.78, 5) is 0. The van der Waals surface area contributed by atoms with Crippen LogP contribution in [0.25, 0.3) is 0 Å². The molecule has 0 aliphatic heterocycles. The van der Waals surface area contributed by atoms with E-state index in [2.05, 4.69) is 59.0 Å². The molecule has 0 aromatic heterocycles. The molecular formula is C10H18I2. The Bertz CT molecular complexity index is 147. The molecule has 0 radical (unpaired) electrons. The van der Waals surface area contributed by atoms with Gasteiger partial charge in [-0.05, 0) is 23.7 Å². The highest BCUT2D eigenvalue weighted by atomic mass is 127. The average molecular weight is 392 g/mol. The molecule has 0 unspecified atom stereocenters. The molecule has 0 aromatic carbocycles. The fourth-order valence-electron chi connectivity index (χ4n) is 2.23. The molecule has 1 fully saturated rings. The third kappa shape index (κ3) is 2.10. The summed E-state index contributed by atoms with van der Waals surface area (Å²) in [6, 6.07) is 0. The number of hydrogen-bond acceptors (Lipinski definition) is 0. The van der Waals surface area contributed by atoms with Crippen molar-refractivity contribution in [3.63, 3.8) is 0 Å². The fourth-order valence-corrected chi connectivity index (χ4v) is 5.05. The van der Waals surface area contributed by atoms with Gasteiger partial charge in [-0.15, -0.1) is 0 Å². The first-order valence-corrected chi connectivity index (χ1v) is 7.82. The molecule has 1 aliphatic rings. The predicted molar refractivity (Wildman–Crippen MR) is 72.4 cm³/mol. The molecule has 0 heterocycles. The van der Waals surface area contributed by atoms with E-state index in [1.54, 1.807) is 0 Å². The lowest BCUT2D eigenvalue weighted by atomic mass is 9.64. The van der Waals surface area contributed by atoms with Crippen LogP contribution in [-0.2, 0) is 0 Å². The van der Waals surface area contributed by atoms with E-state index >= 15 is 0 Å². The van der Waals surface area contributed by atoms with Crippen molar-refractivity contribution in [1.29, 1.82) is 0 Å². The van der Waals surface area contributed by atoms with Crippen LogP contribution in [0, 0.1) is 17.3 Å². The topological polar surface area (TPSA) is 0 Å². The van der Waals surface area contributed by atoms with Crippen LogP contribution in [0.3, 0.4) is 0 Å². The van der Waals surface area contributed by atoms with Crippen LogP contribution in [0.15, 0.2) is 0 Å². The van der Waals surface area contributed by atoms with Crippen LogP contribution in [0.2, 0.25) is 0 Å². The Labute approximate surface area is 104 Å². The van der Waals surface area contributed by atoms with Crippen LogP contribution in [0.4, 0.5) is 0 Å². The van der Waals surface area contributed by atoms with Gasteiger partial charge in [0.05, 0.1) is 0 Å². The van der Waals surface area contributed by atoms with Crippen molar-refractivity contribution in [2.75, 3.05) is 8.86 Å². The van der Waals surface area contributed by atoms with Crippen LogP contribution >= 0.6 is 45.2 Å². The molecule has 72 valence electrons. The standard InChI is InChI=1S/C10H18I2/c1-8-4-3-5-9(6-11)10(8,2)7-12/h8-9H,3-7H2,1-2H3/t8-,9+,10+/m0/s1. The van der Waals surface area contributed by atoms with Crippen molar-refractivity contribution in [3.8, 4) is 0 Å². The van der Waals surface area contributed by atoms with E-state index in [-0.39, 0.29) is 0 Å². The highest BCUT2D eigenvalue weighted by molar-refractivity contribution is 14.1. The average Bonchev–Trinajstić information content (AvgIpc) is 2.10. The largest absolute Gasteiger partial charge is 0.0861 e. The van der Waals surface area contributed by atoms with E-state index in [9.17, 15) is 0 Å². The molecule has 0 N–H and O–H groups in total. The number of rotatable bonds is 2.